The van der Waals surface area contributed by atoms with E-state index in [1.807, 2.05) is 55.5 Å². The first-order valence-electron chi connectivity index (χ1n) is 10.1. The number of carbonyl (C=O) groups is 1. The molecule has 4 aromatic rings. The lowest BCUT2D eigenvalue weighted by Crippen LogP contribution is -2.16. The summed E-state index contributed by atoms with van der Waals surface area (Å²) in [4.78, 5) is 17.0. The van der Waals surface area contributed by atoms with Crippen LogP contribution in [-0.4, -0.2) is 19.3 Å². The Labute approximate surface area is 196 Å². The molecule has 0 aliphatic heterocycles. The second-order valence-electron chi connectivity index (χ2n) is 7.32. The Kier molecular flexibility index (Phi) is 6.71. The molecule has 1 heterocycles. The van der Waals surface area contributed by atoms with Crippen molar-refractivity contribution in [3.8, 4) is 0 Å². The van der Waals surface area contributed by atoms with E-state index < -0.39 is 10.0 Å². The van der Waals surface area contributed by atoms with Crippen LogP contribution in [0.3, 0.4) is 0 Å². The smallest absolute Gasteiger partial charge is 0.263 e. The van der Waals surface area contributed by atoms with Crippen molar-refractivity contribution in [1.82, 2.24) is 4.98 Å². The maximum atomic E-state index is 12.6. The van der Waals surface area contributed by atoms with Gasteiger partial charge in [-0.05, 0) is 43.3 Å². The van der Waals surface area contributed by atoms with Crippen molar-refractivity contribution in [1.29, 1.82) is 0 Å². The van der Waals surface area contributed by atoms with Gasteiger partial charge in [-0.15, -0.1) is 11.3 Å². The fourth-order valence-electron chi connectivity index (χ4n) is 3.06. The molecule has 0 atom stereocenters. The molecule has 0 aliphatic rings. The molecule has 0 aliphatic carbocycles. The molecule has 3 N–H and O–H groups in total. The second-order valence-corrected chi connectivity index (χ2v) is 9.86. The number of aryl methyl sites for hydroxylation is 1. The van der Waals surface area contributed by atoms with E-state index in [0.29, 0.717) is 11.4 Å². The molecular weight excluding hydrogens is 456 g/mol. The quantitative estimate of drug-likeness (QED) is 0.324. The van der Waals surface area contributed by atoms with Crippen LogP contribution in [0.15, 0.2) is 89.1 Å². The molecule has 0 fully saturated rings. The van der Waals surface area contributed by atoms with Gasteiger partial charge in [-0.3, -0.25) is 9.52 Å². The third-order valence-electron chi connectivity index (χ3n) is 4.70. The van der Waals surface area contributed by atoms with E-state index in [1.54, 1.807) is 23.6 Å². The van der Waals surface area contributed by atoms with Crippen LogP contribution in [0.4, 0.5) is 22.2 Å². The van der Waals surface area contributed by atoms with Gasteiger partial charge in [0.1, 0.15) is 0 Å². The molecule has 0 radical (unpaired) electrons. The van der Waals surface area contributed by atoms with Crippen molar-refractivity contribution >= 4 is 49.5 Å². The number of hydrogen-bond donors (Lipinski definition) is 3. The fourth-order valence-corrected chi connectivity index (χ4v) is 5.05. The zero-order valence-electron chi connectivity index (χ0n) is 17.8. The summed E-state index contributed by atoms with van der Waals surface area (Å²) in [7, 11) is -3.73. The van der Waals surface area contributed by atoms with Crippen molar-refractivity contribution < 1.29 is 13.2 Å². The molecular formula is C24H22N4O3S2. The monoisotopic (exact) mass is 478 g/mol. The van der Waals surface area contributed by atoms with Crippen LogP contribution in [0, 0.1) is 6.92 Å². The average Bonchev–Trinajstić information content (AvgIpc) is 3.23. The molecule has 4 rings (SSSR count). The van der Waals surface area contributed by atoms with Crippen LogP contribution in [0.5, 0.6) is 0 Å². The van der Waals surface area contributed by atoms with E-state index in [-0.39, 0.29) is 22.4 Å². The molecule has 0 saturated carbocycles. The highest BCUT2D eigenvalue weighted by Crippen LogP contribution is 2.26. The third-order valence-corrected chi connectivity index (χ3v) is 6.99. The van der Waals surface area contributed by atoms with Gasteiger partial charge in [-0.25, -0.2) is 13.4 Å². The summed E-state index contributed by atoms with van der Waals surface area (Å²) in [6.45, 7) is 2.02. The van der Waals surface area contributed by atoms with Gasteiger partial charge in [-0.1, -0.05) is 48.0 Å². The van der Waals surface area contributed by atoms with Gasteiger partial charge < -0.3 is 10.6 Å². The normalized spacial score (nSPS) is 11.1. The highest BCUT2D eigenvalue weighted by Gasteiger charge is 2.16. The van der Waals surface area contributed by atoms with Gasteiger partial charge in [0.15, 0.2) is 5.13 Å². The lowest BCUT2D eigenvalue weighted by Gasteiger charge is -2.13. The number of nitrogens with one attached hydrogen (secondary N) is 3. The number of hydrogen-bond acceptors (Lipinski definition) is 6. The van der Waals surface area contributed by atoms with Crippen molar-refractivity contribution in [3.63, 3.8) is 0 Å². The Morgan fingerprint density at radius 2 is 1.58 bits per heavy atom. The number of benzene rings is 3. The van der Waals surface area contributed by atoms with E-state index in [2.05, 4.69) is 20.3 Å². The van der Waals surface area contributed by atoms with E-state index in [9.17, 15) is 13.2 Å². The van der Waals surface area contributed by atoms with Crippen molar-refractivity contribution in [3.05, 3.63) is 95.5 Å². The number of para-hydroxylation sites is 2. The van der Waals surface area contributed by atoms with Gasteiger partial charge in [0.25, 0.3) is 10.0 Å². The highest BCUT2D eigenvalue weighted by atomic mass is 32.2. The third kappa shape index (κ3) is 5.97. The molecule has 0 spiro atoms. The molecule has 1 aromatic heterocycles. The Morgan fingerprint density at radius 1 is 0.909 bits per heavy atom. The van der Waals surface area contributed by atoms with E-state index >= 15 is 0 Å². The number of anilines is 4. The Morgan fingerprint density at radius 3 is 2.30 bits per heavy atom. The summed E-state index contributed by atoms with van der Waals surface area (Å²) in [5, 5.41) is 8.08. The van der Waals surface area contributed by atoms with Gasteiger partial charge in [0, 0.05) is 11.1 Å². The summed E-state index contributed by atoms with van der Waals surface area (Å²) >= 11 is 1.13. The first-order valence-corrected chi connectivity index (χ1v) is 12.5. The summed E-state index contributed by atoms with van der Waals surface area (Å²) in [5.74, 6) is -0.254. The lowest BCUT2D eigenvalue weighted by molar-refractivity contribution is -0.115. The predicted octanol–water partition coefficient (Wildman–Crippen LogP) is 5.18. The average molecular weight is 479 g/mol. The van der Waals surface area contributed by atoms with Gasteiger partial charge in [0.05, 0.1) is 28.4 Å². The van der Waals surface area contributed by atoms with Crippen molar-refractivity contribution in [2.75, 3.05) is 15.4 Å². The molecule has 3 aromatic carbocycles. The number of carbonyl (C=O) groups excluding carboxylic acids is 1. The number of rotatable bonds is 8. The molecule has 168 valence electrons. The number of aromatic nitrogens is 1. The minimum absolute atomic E-state index is 0.0163. The Bertz CT molecular complexity index is 1350. The fraction of sp³-hybridized carbons (Fsp3) is 0.0833. The maximum Gasteiger partial charge on any atom is 0.263 e. The Hall–Kier alpha value is -3.69. The zero-order valence-corrected chi connectivity index (χ0v) is 19.4. The van der Waals surface area contributed by atoms with Crippen molar-refractivity contribution in [2.24, 2.45) is 0 Å². The van der Waals surface area contributed by atoms with Gasteiger partial charge in [0.2, 0.25) is 5.91 Å². The van der Waals surface area contributed by atoms with Crippen molar-refractivity contribution in [2.45, 2.75) is 18.2 Å². The van der Waals surface area contributed by atoms with Crippen LogP contribution < -0.4 is 15.4 Å². The molecule has 0 bridgehead atoms. The molecule has 7 nitrogen and oxygen atoms in total. The van der Waals surface area contributed by atoms with E-state index in [0.717, 1.165) is 28.3 Å². The Balaban J connectivity index is 1.40. The minimum Gasteiger partial charge on any atom is -0.354 e. The minimum atomic E-state index is -3.73. The van der Waals surface area contributed by atoms with Crippen LogP contribution in [0.25, 0.3) is 0 Å². The summed E-state index contributed by atoms with van der Waals surface area (Å²) < 4.78 is 27.4. The topological polar surface area (TPSA) is 100 Å². The maximum absolute atomic E-state index is 12.6. The molecule has 0 unspecified atom stereocenters. The zero-order chi connectivity index (χ0) is 23.3. The standard InChI is InChI=1S/C24H22N4O3S2/c1-17-11-13-18(14-12-17)25-21-9-5-6-10-22(21)27-23(29)15-19-16-32-24(26-19)28-33(30,31)20-7-3-2-4-8-20/h2-14,16,25H,15H2,1H3,(H,26,28)(H,27,29). The van der Waals surface area contributed by atoms with Crippen LogP contribution in [0.2, 0.25) is 0 Å². The van der Waals surface area contributed by atoms with E-state index in [4.69, 9.17) is 0 Å². The number of thiazole rings is 1. The lowest BCUT2D eigenvalue weighted by atomic mass is 10.2. The van der Waals surface area contributed by atoms with Crippen LogP contribution in [0.1, 0.15) is 11.3 Å². The van der Waals surface area contributed by atoms with Gasteiger partial charge in [-0.2, -0.15) is 0 Å². The number of amides is 1. The highest BCUT2D eigenvalue weighted by molar-refractivity contribution is 7.93. The first-order chi connectivity index (χ1) is 15.9. The molecule has 33 heavy (non-hydrogen) atoms. The SMILES string of the molecule is Cc1ccc(Nc2ccccc2NC(=O)Cc2csc(NS(=O)(=O)c3ccccc3)n2)cc1. The first kappa shape index (κ1) is 22.5. The largest absolute Gasteiger partial charge is 0.354 e. The van der Waals surface area contributed by atoms with Gasteiger partial charge >= 0.3 is 0 Å². The van der Waals surface area contributed by atoms with E-state index in [1.165, 1.54) is 12.1 Å². The van der Waals surface area contributed by atoms with Crippen LogP contribution in [-0.2, 0) is 21.2 Å². The van der Waals surface area contributed by atoms with Crippen LogP contribution >= 0.6 is 11.3 Å². The summed E-state index contributed by atoms with van der Waals surface area (Å²) in [5.41, 5.74) is 3.97. The molecule has 0 saturated heterocycles. The summed E-state index contributed by atoms with van der Waals surface area (Å²) in [6, 6.07) is 23.5. The number of nitrogens with zero attached hydrogens (tertiary/aromatic N) is 1. The predicted molar refractivity (Wildman–Crippen MR) is 133 cm³/mol. The summed E-state index contributed by atoms with van der Waals surface area (Å²) in [6.07, 6.45) is 0.0163. The second kappa shape index (κ2) is 9.85. The number of sulfonamides is 1. The molecule has 1 amide bonds. The molecule has 9 heteroatoms.